The van der Waals surface area contributed by atoms with Crippen LogP contribution in [0.5, 0.6) is 5.75 Å². The van der Waals surface area contributed by atoms with E-state index in [0.717, 1.165) is 41.9 Å². The van der Waals surface area contributed by atoms with Crippen molar-refractivity contribution in [2.45, 2.75) is 51.4 Å². The van der Waals surface area contributed by atoms with Crippen molar-refractivity contribution in [2.75, 3.05) is 26.2 Å². The van der Waals surface area contributed by atoms with Crippen molar-refractivity contribution < 1.29 is 27.4 Å². The lowest BCUT2D eigenvalue weighted by Crippen LogP contribution is -2.47. The number of halogens is 3. The van der Waals surface area contributed by atoms with Crippen molar-refractivity contribution in [3.05, 3.63) is 53.6 Å². The molecule has 0 aromatic heterocycles. The summed E-state index contributed by atoms with van der Waals surface area (Å²) in [5.74, 6) is 1.51. The van der Waals surface area contributed by atoms with E-state index in [2.05, 4.69) is 10.2 Å². The van der Waals surface area contributed by atoms with Crippen LogP contribution >= 0.6 is 0 Å². The van der Waals surface area contributed by atoms with Gasteiger partial charge in [-0.15, -0.1) is 0 Å². The van der Waals surface area contributed by atoms with E-state index in [1.54, 1.807) is 0 Å². The van der Waals surface area contributed by atoms with Crippen molar-refractivity contribution in [1.29, 1.82) is 0 Å². The molecule has 0 aliphatic carbocycles. The molecule has 0 radical (unpaired) electrons. The first kappa shape index (κ1) is 24.9. The molecule has 1 amide bonds. The number of carbonyl (C=O) groups is 1. The second kappa shape index (κ2) is 9.79. The van der Waals surface area contributed by atoms with E-state index < -0.39 is 23.4 Å². The van der Waals surface area contributed by atoms with Crippen molar-refractivity contribution in [1.82, 2.24) is 10.2 Å². The van der Waals surface area contributed by atoms with Crippen molar-refractivity contribution in [2.24, 2.45) is 4.99 Å². The highest BCUT2D eigenvalue weighted by Gasteiger charge is 2.30. The molecule has 1 fully saturated rings. The highest BCUT2D eigenvalue weighted by Crippen LogP contribution is 2.33. The van der Waals surface area contributed by atoms with E-state index in [4.69, 9.17) is 14.5 Å². The molecule has 0 atom stereocenters. The van der Waals surface area contributed by atoms with Gasteiger partial charge in [-0.05, 0) is 69.0 Å². The molecular weight excluding hydrogens is 459 g/mol. The molecular formula is C26H30F3N3O3. The summed E-state index contributed by atoms with van der Waals surface area (Å²) in [5, 5.41) is 2.94. The molecule has 1 saturated heterocycles. The van der Waals surface area contributed by atoms with E-state index >= 15 is 0 Å². The van der Waals surface area contributed by atoms with Crippen molar-refractivity contribution in [3.63, 3.8) is 0 Å². The number of alkyl halides is 3. The van der Waals surface area contributed by atoms with E-state index in [1.807, 2.05) is 39.0 Å². The minimum absolute atomic E-state index is 0.0154. The van der Waals surface area contributed by atoms with Gasteiger partial charge >= 0.3 is 12.3 Å². The van der Waals surface area contributed by atoms with Gasteiger partial charge in [0.05, 0.1) is 17.7 Å². The largest absolute Gasteiger partial charge is 0.491 e. The molecule has 4 rings (SSSR count). The molecule has 6 nitrogen and oxygen atoms in total. The zero-order valence-electron chi connectivity index (χ0n) is 20.1. The number of nitrogens with one attached hydrogen (secondary N) is 1. The van der Waals surface area contributed by atoms with E-state index in [0.29, 0.717) is 37.6 Å². The zero-order valence-corrected chi connectivity index (χ0v) is 20.1. The highest BCUT2D eigenvalue weighted by molar-refractivity contribution is 6.02. The first-order valence-corrected chi connectivity index (χ1v) is 11.7. The standard InChI is InChI=1S/C26H30F3N3O3/c1-25(2,3)35-24(33)31-20-10-13-32(14-11-20)23-21-16-18(6-9-22(21)34-15-12-30-23)17-4-7-19(8-5-17)26(27,28)29/h4-9,16,20H,10-15H2,1-3H3,(H,31,33). The minimum Gasteiger partial charge on any atom is -0.491 e. The molecule has 0 spiro atoms. The molecule has 0 bridgehead atoms. The SMILES string of the molecule is CC(C)(C)OC(=O)NC1CCN(C2=NCCOc3ccc(-c4ccc(C(F)(F)F)cc4)cc32)CC1. The fourth-order valence-electron chi connectivity index (χ4n) is 4.23. The predicted octanol–water partition coefficient (Wildman–Crippen LogP) is 5.50. The number of benzene rings is 2. The van der Waals surface area contributed by atoms with Gasteiger partial charge in [0.2, 0.25) is 0 Å². The van der Waals surface area contributed by atoms with E-state index in [-0.39, 0.29) is 6.04 Å². The summed E-state index contributed by atoms with van der Waals surface area (Å²) in [7, 11) is 0. The first-order chi connectivity index (χ1) is 16.5. The van der Waals surface area contributed by atoms with Crippen LogP contribution in [0.4, 0.5) is 18.0 Å². The number of ether oxygens (including phenoxy) is 2. The zero-order chi connectivity index (χ0) is 25.2. The second-order valence-corrected chi connectivity index (χ2v) is 9.75. The lowest BCUT2D eigenvalue weighted by Gasteiger charge is -2.35. The van der Waals surface area contributed by atoms with Gasteiger partial charge in [0.25, 0.3) is 0 Å². The number of carbonyl (C=O) groups excluding carboxylic acids is 1. The van der Waals surface area contributed by atoms with Crippen LogP contribution in [0.15, 0.2) is 47.5 Å². The summed E-state index contributed by atoms with van der Waals surface area (Å²) >= 11 is 0. The molecule has 2 aromatic rings. The summed E-state index contributed by atoms with van der Waals surface area (Å²) in [6.45, 7) is 7.85. The quantitative estimate of drug-likeness (QED) is 0.605. The number of hydrogen-bond acceptors (Lipinski definition) is 5. The van der Waals surface area contributed by atoms with Crippen LogP contribution < -0.4 is 10.1 Å². The Labute approximate surface area is 203 Å². The Morgan fingerprint density at radius 1 is 1.06 bits per heavy atom. The number of aliphatic imine (C=N–C) groups is 1. The number of piperidine rings is 1. The summed E-state index contributed by atoms with van der Waals surface area (Å²) in [4.78, 5) is 19.1. The summed E-state index contributed by atoms with van der Waals surface area (Å²) in [5.41, 5.74) is 1.07. The van der Waals surface area contributed by atoms with Crippen LogP contribution in [-0.2, 0) is 10.9 Å². The fourth-order valence-corrected chi connectivity index (χ4v) is 4.23. The number of fused-ring (bicyclic) bond motifs is 1. The molecule has 0 unspecified atom stereocenters. The average Bonchev–Trinajstić information content (AvgIpc) is 3.00. The van der Waals surface area contributed by atoms with Crippen LogP contribution in [-0.4, -0.2) is 54.7 Å². The molecule has 2 aliphatic heterocycles. The average molecular weight is 490 g/mol. The van der Waals surface area contributed by atoms with E-state index in [9.17, 15) is 18.0 Å². The van der Waals surface area contributed by atoms with Crippen molar-refractivity contribution in [3.8, 4) is 16.9 Å². The normalized spacial score (nSPS) is 17.1. The number of nitrogens with zero attached hydrogens (tertiary/aromatic N) is 2. The smallest absolute Gasteiger partial charge is 0.416 e. The van der Waals surface area contributed by atoms with Crippen molar-refractivity contribution >= 4 is 11.9 Å². The first-order valence-electron chi connectivity index (χ1n) is 11.7. The fraction of sp³-hybridized carbons (Fsp3) is 0.462. The molecule has 2 aliphatic rings. The number of likely N-dealkylation sites (tertiary alicyclic amines) is 1. The maximum atomic E-state index is 13.0. The Balaban J connectivity index is 1.49. The Morgan fingerprint density at radius 2 is 1.71 bits per heavy atom. The highest BCUT2D eigenvalue weighted by atomic mass is 19.4. The topological polar surface area (TPSA) is 63.2 Å². The lowest BCUT2D eigenvalue weighted by atomic mass is 9.99. The van der Waals surface area contributed by atoms with Gasteiger partial charge in [-0.25, -0.2) is 4.79 Å². The molecule has 1 N–H and O–H groups in total. The van der Waals surface area contributed by atoms with Gasteiger partial charge in [0.1, 0.15) is 23.8 Å². The maximum absolute atomic E-state index is 13.0. The molecule has 9 heteroatoms. The van der Waals surface area contributed by atoms with E-state index in [1.165, 1.54) is 12.1 Å². The molecule has 2 heterocycles. The summed E-state index contributed by atoms with van der Waals surface area (Å²) in [6.07, 6.45) is -3.30. The molecule has 2 aromatic carbocycles. The number of hydrogen-bond donors (Lipinski definition) is 1. The van der Waals surface area contributed by atoms with Gasteiger partial charge in [-0.2, -0.15) is 13.2 Å². The van der Waals surface area contributed by atoms with Gasteiger partial charge < -0.3 is 19.7 Å². The Bertz CT molecular complexity index is 1080. The third-order valence-corrected chi connectivity index (χ3v) is 5.89. The van der Waals surface area contributed by atoms with Crippen LogP contribution in [0.3, 0.4) is 0 Å². The molecule has 35 heavy (non-hydrogen) atoms. The van der Waals surface area contributed by atoms with Crippen LogP contribution in [0.2, 0.25) is 0 Å². The van der Waals surface area contributed by atoms with Gasteiger partial charge in [-0.1, -0.05) is 18.2 Å². The van der Waals surface area contributed by atoms with Crippen LogP contribution in [0.1, 0.15) is 44.7 Å². The van der Waals surface area contributed by atoms with Gasteiger partial charge in [0.15, 0.2) is 0 Å². The number of rotatable bonds is 2. The Morgan fingerprint density at radius 3 is 2.34 bits per heavy atom. The third kappa shape index (κ3) is 6.26. The van der Waals surface area contributed by atoms with Gasteiger partial charge in [-0.3, -0.25) is 4.99 Å². The molecule has 188 valence electrons. The summed E-state index contributed by atoms with van der Waals surface area (Å²) in [6, 6.07) is 10.8. The number of alkyl carbamates (subject to hydrolysis) is 1. The Hall–Kier alpha value is -3.23. The lowest BCUT2D eigenvalue weighted by molar-refractivity contribution is -0.137. The molecule has 0 saturated carbocycles. The summed E-state index contributed by atoms with van der Waals surface area (Å²) < 4.78 is 50.1. The number of amides is 1. The Kier molecular flexibility index (Phi) is 6.96. The minimum atomic E-state index is -4.37. The third-order valence-electron chi connectivity index (χ3n) is 5.89. The van der Waals surface area contributed by atoms with Crippen LogP contribution in [0.25, 0.3) is 11.1 Å². The maximum Gasteiger partial charge on any atom is 0.416 e. The predicted molar refractivity (Wildman–Crippen MR) is 128 cm³/mol. The number of amidine groups is 1. The monoisotopic (exact) mass is 489 g/mol. The second-order valence-electron chi connectivity index (χ2n) is 9.75. The van der Waals surface area contributed by atoms with Gasteiger partial charge in [0, 0.05) is 19.1 Å². The van der Waals surface area contributed by atoms with Crippen LogP contribution in [0, 0.1) is 0 Å².